The van der Waals surface area contributed by atoms with Crippen molar-refractivity contribution in [1.82, 2.24) is 0 Å². The van der Waals surface area contributed by atoms with Crippen molar-refractivity contribution in [1.29, 1.82) is 0 Å². The SMILES string of the molecule is CCCCCOCCOCCOCCOCCOCCOCCOCCOCCO. The van der Waals surface area contributed by atoms with Crippen LogP contribution in [0.3, 0.4) is 0 Å². The van der Waals surface area contributed by atoms with Gasteiger partial charge >= 0.3 is 0 Å². The molecule has 0 radical (unpaired) electrons. The highest BCUT2D eigenvalue weighted by Crippen LogP contribution is 1.93. The molecular formula is C21H44O9. The van der Waals surface area contributed by atoms with Crippen molar-refractivity contribution in [3.05, 3.63) is 0 Å². The van der Waals surface area contributed by atoms with Crippen LogP contribution >= 0.6 is 0 Å². The molecule has 0 spiro atoms. The molecule has 0 bridgehead atoms. The van der Waals surface area contributed by atoms with Crippen LogP contribution in [-0.4, -0.2) is 117 Å². The van der Waals surface area contributed by atoms with E-state index in [-0.39, 0.29) is 6.61 Å². The second kappa shape index (κ2) is 28.6. The molecule has 182 valence electrons. The smallest absolute Gasteiger partial charge is 0.0701 e. The van der Waals surface area contributed by atoms with E-state index in [4.69, 9.17) is 43.0 Å². The van der Waals surface area contributed by atoms with Gasteiger partial charge in [-0.25, -0.2) is 0 Å². The van der Waals surface area contributed by atoms with E-state index in [0.717, 1.165) is 13.0 Å². The predicted octanol–water partition coefficient (Wildman–Crippen LogP) is 1.30. The van der Waals surface area contributed by atoms with Gasteiger partial charge in [0.05, 0.1) is 106 Å². The van der Waals surface area contributed by atoms with Gasteiger partial charge in [0, 0.05) is 6.61 Å². The third-order valence-corrected chi connectivity index (χ3v) is 3.73. The van der Waals surface area contributed by atoms with Crippen molar-refractivity contribution in [3.8, 4) is 0 Å². The molecule has 1 N–H and O–H groups in total. The van der Waals surface area contributed by atoms with Crippen LogP contribution < -0.4 is 0 Å². The van der Waals surface area contributed by atoms with E-state index in [1.165, 1.54) is 12.8 Å². The molecule has 0 aromatic heterocycles. The molecule has 0 rings (SSSR count). The summed E-state index contributed by atoms with van der Waals surface area (Å²) in [6.45, 7) is 11.0. The molecule has 0 fully saturated rings. The molecule has 0 aromatic rings. The summed E-state index contributed by atoms with van der Waals surface area (Å²) in [6.07, 6.45) is 3.56. The van der Waals surface area contributed by atoms with Crippen LogP contribution in [0, 0.1) is 0 Å². The van der Waals surface area contributed by atoms with Crippen LogP contribution in [0.1, 0.15) is 26.2 Å². The van der Waals surface area contributed by atoms with E-state index in [9.17, 15) is 0 Å². The number of rotatable bonds is 27. The zero-order valence-corrected chi connectivity index (χ0v) is 18.9. The highest BCUT2D eigenvalue weighted by molar-refractivity contribution is 4.39. The molecule has 0 unspecified atom stereocenters. The lowest BCUT2D eigenvalue weighted by Gasteiger charge is -2.08. The standard InChI is InChI=1S/C21H44O9/c1-2-3-4-6-23-8-10-25-12-14-27-16-18-29-20-21-30-19-17-28-15-13-26-11-9-24-7-5-22/h22H,2-21H2,1H3. The number of aliphatic hydroxyl groups is 1. The maximum atomic E-state index is 8.54. The third kappa shape index (κ3) is 27.6. The second-order valence-electron chi connectivity index (χ2n) is 6.33. The fourth-order valence-corrected chi connectivity index (χ4v) is 2.16. The highest BCUT2D eigenvalue weighted by atomic mass is 16.6. The van der Waals surface area contributed by atoms with Gasteiger partial charge in [-0.05, 0) is 6.42 Å². The molecule has 0 heterocycles. The Hall–Kier alpha value is -0.360. The number of ether oxygens (including phenoxy) is 8. The van der Waals surface area contributed by atoms with Gasteiger partial charge in [0.2, 0.25) is 0 Å². The Labute approximate surface area is 182 Å². The fourth-order valence-electron chi connectivity index (χ4n) is 2.16. The summed E-state index contributed by atoms with van der Waals surface area (Å²) in [6, 6.07) is 0. The van der Waals surface area contributed by atoms with Crippen molar-refractivity contribution in [2.24, 2.45) is 0 Å². The Morgan fingerprint density at radius 1 is 0.367 bits per heavy atom. The minimum atomic E-state index is 0.0350. The number of hydrogen-bond donors (Lipinski definition) is 1. The van der Waals surface area contributed by atoms with Crippen molar-refractivity contribution in [2.75, 3.05) is 112 Å². The van der Waals surface area contributed by atoms with Crippen molar-refractivity contribution in [3.63, 3.8) is 0 Å². The molecule has 30 heavy (non-hydrogen) atoms. The Morgan fingerprint density at radius 2 is 0.633 bits per heavy atom. The third-order valence-electron chi connectivity index (χ3n) is 3.73. The Kier molecular flexibility index (Phi) is 28.3. The van der Waals surface area contributed by atoms with E-state index < -0.39 is 0 Å². The van der Waals surface area contributed by atoms with Gasteiger partial charge in [0.1, 0.15) is 0 Å². The van der Waals surface area contributed by atoms with Gasteiger partial charge in [0.25, 0.3) is 0 Å². The van der Waals surface area contributed by atoms with Crippen LogP contribution in [0.4, 0.5) is 0 Å². The summed E-state index contributed by atoms with van der Waals surface area (Å²) in [5.74, 6) is 0. The maximum absolute atomic E-state index is 8.54. The summed E-state index contributed by atoms with van der Waals surface area (Å²) < 4.78 is 42.9. The number of hydrogen-bond acceptors (Lipinski definition) is 9. The van der Waals surface area contributed by atoms with Gasteiger partial charge in [0.15, 0.2) is 0 Å². The van der Waals surface area contributed by atoms with Gasteiger partial charge in [-0.1, -0.05) is 19.8 Å². The zero-order chi connectivity index (χ0) is 21.8. The van der Waals surface area contributed by atoms with Crippen molar-refractivity contribution >= 4 is 0 Å². The number of aliphatic hydroxyl groups excluding tert-OH is 1. The second-order valence-corrected chi connectivity index (χ2v) is 6.33. The summed E-state index contributed by atoms with van der Waals surface area (Å²) in [5.41, 5.74) is 0. The molecule has 0 aromatic carbocycles. The van der Waals surface area contributed by atoms with Crippen LogP contribution in [-0.2, 0) is 37.9 Å². The minimum Gasteiger partial charge on any atom is -0.394 e. The topological polar surface area (TPSA) is 94.1 Å². The lowest BCUT2D eigenvalue weighted by molar-refractivity contribution is -0.0238. The van der Waals surface area contributed by atoms with E-state index in [2.05, 4.69) is 6.92 Å². The van der Waals surface area contributed by atoms with Gasteiger partial charge in [-0.2, -0.15) is 0 Å². The quantitative estimate of drug-likeness (QED) is 0.190. The molecule has 0 aliphatic carbocycles. The molecule has 0 saturated carbocycles. The normalized spacial score (nSPS) is 11.4. The largest absolute Gasteiger partial charge is 0.394 e. The first-order valence-electron chi connectivity index (χ1n) is 11.1. The van der Waals surface area contributed by atoms with E-state index in [1.807, 2.05) is 0 Å². The van der Waals surface area contributed by atoms with Crippen LogP contribution in [0.5, 0.6) is 0 Å². The maximum Gasteiger partial charge on any atom is 0.0701 e. The lowest BCUT2D eigenvalue weighted by atomic mass is 10.3. The van der Waals surface area contributed by atoms with E-state index in [1.54, 1.807) is 0 Å². The number of unbranched alkanes of at least 4 members (excludes halogenated alkanes) is 2. The molecule has 0 aliphatic heterocycles. The summed E-state index contributed by atoms with van der Waals surface area (Å²) in [4.78, 5) is 0. The van der Waals surface area contributed by atoms with Gasteiger partial charge in [-0.3, -0.25) is 0 Å². The lowest BCUT2D eigenvalue weighted by Crippen LogP contribution is -2.15. The predicted molar refractivity (Wildman–Crippen MR) is 113 cm³/mol. The molecular weight excluding hydrogens is 396 g/mol. The fraction of sp³-hybridized carbons (Fsp3) is 1.00. The first-order valence-corrected chi connectivity index (χ1v) is 11.1. The summed E-state index contributed by atoms with van der Waals surface area (Å²) in [7, 11) is 0. The minimum absolute atomic E-state index is 0.0350. The molecule has 9 nitrogen and oxygen atoms in total. The first-order chi connectivity index (χ1) is 14.9. The Bertz CT molecular complexity index is 268. The average Bonchev–Trinajstić information content (AvgIpc) is 2.76. The molecule has 0 saturated heterocycles. The molecule has 0 amide bonds. The van der Waals surface area contributed by atoms with Crippen LogP contribution in [0.15, 0.2) is 0 Å². The highest BCUT2D eigenvalue weighted by Gasteiger charge is 1.95. The van der Waals surface area contributed by atoms with E-state index >= 15 is 0 Å². The molecule has 9 heteroatoms. The monoisotopic (exact) mass is 440 g/mol. The van der Waals surface area contributed by atoms with Crippen LogP contribution in [0.25, 0.3) is 0 Å². The Balaban J connectivity index is 2.97. The van der Waals surface area contributed by atoms with Crippen molar-refractivity contribution in [2.45, 2.75) is 26.2 Å². The van der Waals surface area contributed by atoms with Gasteiger partial charge < -0.3 is 43.0 Å². The average molecular weight is 441 g/mol. The Morgan fingerprint density at radius 3 is 0.900 bits per heavy atom. The zero-order valence-electron chi connectivity index (χ0n) is 18.9. The van der Waals surface area contributed by atoms with E-state index in [0.29, 0.717) is 99.1 Å². The molecule has 0 atom stereocenters. The first kappa shape index (κ1) is 29.6. The summed E-state index contributed by atoms with van der Waals surface area (Å²) in [5, 5.41) is 8.54. The van der Waals surface area contributed by atoms with Crippen molar-refractivity contribution < 1.29 is 43.0 Å². The van der Waals surface area contributed by atoms with Crippen LogP contribution in [0.2, 0.25) is 0 Å². The van der Waals surface area contributed by atoms with Gasteiger partial charge in [-0.15, -0.1) is 0 Å². The summed E-state index contributed by atoms with van der Waals surface area (Å²) >= 11 is 0. The molecule has 0 aliphatic rings.